The predicted molar refractivity (Wildman–Crippen MR) is 123 cm³/mol. The molecule has 2 amide bonds. The standard InChI is InChI=1S/C25H20ClFN2O3/c1-3-32-19-6-4-5-17(13-19)28-23-22(16-9-7-15(2)8-10-16)24(30)29(25(23)31)18-11-12-21(27)20(26)14-18/h4-14,28H,3H2,1-2H3. The summed E-state index contributed by atoms with van der Waals surface area (Å²) in [5.41, 5.74) is 2.73. The molecule has 5 nitrogen and oxygen atoms in total. The van der Waals surface area contributed by atoms with Gasteiger partial charge in [0, 0.05) is 11.8 Å². The topological polar surface area (TPSA) is 58.6 Å². The number of imide groups is 1. The van der Waals surface area contributed by atoms with Crippen molar-refractivity contribution in [3.8, 4) is 5.75 Å². The summed E-state index contributed by atoms with van der Waals surface area (Å²) in [6.45, 7) is 4.31. The zero-order valence-electron chi connectivity index (χ0n) is 17.5. The number of hydrogen-bond donors (Lipinski definition) is 1. The van der Waals surface area contributed by atoms with Crippen LogP contribution in [0.4, 0.5) is 15.8 Å². The van der Waals surface area contributed by atoms with E-state index >= 15 is 0 Å². The maximum absolute atomic E-state index is 13.7. The number of benzene rings is 3. The van der Waals surface area contributed by atoms with E-state index in [1.54, 1.807) is 36.4 Å². The van der Waals surface area contributed by atoms with Crippen molar-refractivity contribution in [1.29, 1.82) is 0 Å². The molecule has 4 rings (SSSR count). The molecular formula is C25H20ClFN2O3. The van der Waals surface area contributed by atoms with Crippen molar-refractivity contribution in [1.82, 2.24) is 0 Å². The smallest absolute Gasteiger partial charge is 0.282 e. The lowest BCUT2D eigenvalue weighted by Crippen LogP contribution is -2.32. The fourth-order valence-corrected chi connectivity index (χ4v) is 3.64. The lowest BCUT2D eigenvalue weighted by molar-refractivity contribution is -0.120. The number of hydrogen-bond acceptors (Lipinski definition) is 4. The second-order valence-electron chi connectivity index (χ2n) is 7.25. The summed E-state index contributed by atoms with van der Waals surface area (Å²) in [4.78, 5) is 27.8. The highest BCUT2D eigenvalue weighted by atomic mass is 35.5. The summed E-state index contributed by atoms with van der Waals surface area (Å²) in [6, 6.07) is 18.2. The highest BCUT2D eigenvalue weighted by Gasteiger charge is 2.40. The van der Waals surface area contributed by atoms with Crippen LogP contribution in [0.2, 0.25) is 5.02 Å². The van der Waals surface area contributed by atoms with Crippen LogP contribution in [0.15, 0.2) is 72.4 Å². The largest absolute Gasteiger partial charge is 0.494 e. The molecule has 1 aliphatic rings. The molecule has 0 atom stereocenters. The van der Waals surface area contributed by atoms with Crippen LogP contribution in [-0.4, -0.2) is 18.4 Å². The van der Waals surface area contributed by atoms with Crippen LogP contribution in [0.5, 0.6) is 5.75 Å². The van der Waals surface area contributed by atoms with Crippen molar-refractivity contribution in [2.45, 2.75) is 13.8 Å². The molecule has 7 heteroatoms. The third-order valence-corrected chi connectivity index (χ3v) is 5.29. The molecule has 0 aliphatic carbocycles. The second-order valence-corrected chi connectivity index (χ2v) is 7.65. The Labute approximate surface area is 190 Å². The summed E-state index contributed by atoms with van der Waals surface area (Å²) in [7, 11) is 0. The summed E-state index contributed by atoms with van der Waals surface area (Å²) in [5.74, 6) is -1.08. The molecule has 162 valence electrons. The maximum atomic E-state index is 13.7. The van der Waals surface area contributed by atoms with Crippen LogP contribution in [-0.2, 0) is 9.59 Å². The Morgan fingerprint density at radius 2 is 1.75 bits per heavy atom. The number of amides is 2. The van der Waals surface area contributed by atoms with Crippen molar-refractivity contribution in [2.24, 2.45) is 0 Å². The van der Waals surface area contributed by atoms with Crippen molar-refractivity contribution in [2.75, 3.05) is 16.8 Å². The van der Waals surface area contributed by atoms with E-state index in [0.717, 1.165) is 16.5 Å². The van der Waals surface area contributed by atoms with Crippen LogP contribution in [0.1, 0.15) is 18.1 Å². The van der Waals surface area contributed by atoms with Crippen molar-refractivity contribution in [3.63, 3.8) is 0 Å². The normalized spacial score (nSPS) is 13.7. The van der Waals surface area contributed by atoms with Gasteiger partial charge in [0.25, 0.3) is 11.8 Å². The van der Waals surface area contributed by atoms with Crippen LogP contribution in [0.3, 0.4) is 0 Å². The fraction of sp³-hybridized carbons (Fsp3) is 0.120. The first-order valence-electron chi connectivity index (χ1n) is 10.0. The van der Waals surface area contributed by atoms with E-state index in [2.05, 4.69) is 5.32 Å². The van der Waals surface area contributed by atoms with Crippen LogP contribution in [0.25, 0.3) is 5.57 Å². The minimum absolute atomic E-state index is 0.118. The molecule has 0 saturated carbocycles. The first kappa shape index (κ1) is 21.6. The molecule has 0 bridgehead atoms. The number of halogens is 2. The quantitative estimate of drug-likeness (QED) is 0.498. The van der Waals surface area contributed by atoms with Crippen LogP contribution < -0.4 is 15.0 Å². The van der Waals surface area contributed by atoms with Gasteiger partial charge in [-0.25, -0.2) is 9.29 Å². The minimum Gasteiger partial charge on any atom is -0.494 e. The fourth-order valence-electron chi connectivity index (χ4n) is 3.47. The Kier molecular flexibility index (Phi) is 5.97. The average molecular weight is 451 g/mol. The Morgan fingerprint density at radius 1 is 1.00 bits per heavy atom. The summed E-state index contributed by atoms with van der Waals surface area (Å²) in [5, 5.41) is 2.91. The maximum Gasteiger partial charge on any atom is 0.282 e. The molecule has 0 saturated heterocycles. The third-order valence-electron chi connectivity index (χ3n) is 5.00. The summed E-state index contributed by atoms with van der Waals surface area (Å²) >= 11 is 5.90. The monoisotopic (exact) mass is 450 g/mol. The lowest BCUT2D eigenvalue weighted by Gasteiger charge is -2.16. The molecule has 0 fully saturated rings. The van der Waals surface area contributed by atoms with Gasteiger partial charge in [-0.1, -0.05) is 47.5 Å². The van der Waals surface area contributed by atoms with E-state index in [1.165, 1.54) is 12.1 Å². The minimum atomic E-state index is -0.632. The number of carbonyl (C=O) groups excluding carboxylic acids is 2. The molecule has 1 N–H and O–H groups in total. The van der Waals surface area contributed by atoms with Gasteiger partial charge in [0.2, 0.25) is 0 Å². The van der Waals surface area contributed by atoms with Gasteiger partial charge < -0.3 is 10.1 Å². The summed E-state index contributed by atoms with van der Waals surface area (Å²) < 4.78 is 19.2. The number of nitrogens with zero attached hydrogens (tertiary/aromatic N) is 1. The first-order chi connectivity index (χ1) is 15.4. The molecule has 1 aliphatic heterocycles. The van der Waals surface area contributed by atoms with Gasteiger partial charge in [0.05, 0.1) is 22.9 Å². The molecule has 32 heavy (non-hydrogen) atoms. The molecule has 0 aromatic heterocycles. The third kappa shape index (κ3) is 4.09. The van der Waals surface area contributed by atoms with Crippen LogP contribution >= 0.6 is 11.6 Å². The van der Waals surface area contributed by atoms with Crippen molar-refractivity contribution in [3.05, 3.63) is 94.4 Å². The Bertz CT molecular complexity index is 1240. The lowest BCUT2D eigenvalue weighted by atomic mass is 10.0. The first-order valence-corrected chi connectivity index (χ1v) is 10.4. The number of aryl methyl sites for hydroxylation is 1. The van der Waals surface area contributed by atoms with Gasteiger partial charge in [-0.15, -0.1) is 0 Å². The summed E-state index contributed by atoms with van der Waals surface area (Å²) in [6.07, 6.45) is 0. The Morgan fingerprint density at radius 3 is 2.44 bits per heavy atom. The van der Waals surface area contributed by atoms with Gasteiger partial charge in [-0.3, -0.25) is 9.59 Å². The zero-order valence-corrected chi connectivity index (χ0v) is 18.2. The van der Waals surface area contributed by atoms with E-state index in [9.17, 15) is 14.0 Å². The van der Waals surface area contributed by atoms with Gasteiger partial charge in [0.1, 0.15) is 17.3 Å². The Hall–Kier alpha value is -3.64. The number of anilines is 2. The van der Waals surface area contributed by atoms with E-state index in [0.29, 0.717) is 23.6 Å². The highest BCUT2D eigenvalue weighted by Crippen LogP contribution is 2.35. The predicted octanol–water partition coefficient (Wildman–Crippen LogP) is 5.58. The SMILES string of the molecule is CCOc1cccc(NC2=C(c3ccc(C)cc3)C(=O)N(c3ccc(F)c(Cl)c3)C2=O)c1. The second kappa shape index (κ2) is 8.85. The molecule has 3 aromatic carbocycles. The molecule has 0 spiro atoms. The molecule has 1 heterocycles. The average Bonchev–Trinajstić information content (AvgIpc) is 3.01. The number of nitrogens with one attached hydrogen (secondary N) is 1. The van der Waals surface area contributed by atoms with E-state index < -0.39 is 17.6 Å². The number of rotatable bonds is 6. The number of carbonyl (C=O) groups is 2. The van der Waals surface area contributed by atoms with Crippen molar-refractivity contribution >= 4 is 40.4 Å². The van der Waals surface area contributed by atoms with E-state index in [-0.39, 0.29) is 22.0 Å². The molecule has 0 radical (unpaired) electrons. The Balaban J connectivity index is 1.80. The van der Waals surface area contributed by atoms with Crippen molar-refractivity contribution < 1.29 is 18.7 Å². The van der Waals surface area contributed by atoms with E-state index in [1.807, 2.05) is 26.0 Å². The van der Waals surface area contributed by atoms with E-state index in [4.69, 9.17) is 16.3 Å². The molecule has 0 unspecified atom stereocenters. The highest BCUT2D eigenvalue weighted by molar-refractivity contribution is 6.46. The van der Waals surface area contributed by atoms with Gasteiger partial charge >= 0.3 is 0 Å². The molecular weight excluding hydrogens is 431 g/mol. The zero-order chi connectivity index (χ0) is 22.8. The molecule has 3 aromatic rings. The van der Waals surface area contributed by atoms with Gasteiger partial charge in [-0.05, 0) is 49.7 Å². The van der Waals surface area contributed by atoms with Crippen LogP contribution in [0, 0.1) is 12.7 Å². The van der Waals surface area contributed by atoms with Gasteiger partial charge in [-0.2, -0.15) is 0 Å². The number of ether oxygens (including phenoxy) is 1. The van der Waals surface area contributed by atoms with Gasteiger partial charge in [0.15, 0.2) is 0 Å².